The molecule has 0 radical (unpaired) electrons. The third-order valence-corrected chi connectivity index (χ3v) is 2.81. The number of aromatic amines is 1. The Morgan fingerprint density at radius 3 is 2.75 bits per heavy atom. The van der Waals surface area contributed by atoms with E-state index in [-0.39, 0.29) is 6.04 Å². The van der Waals surface area contributed by atoms with Crippen LogP contribution in [0.1, 0.15) is 37.7 Å². The second-order valence-corrected chi connectivity index (χ2v) is 4.83. The normalized spacial score (nSPS) is 13.6. The van der Waals surface area contributed by atoms with Crippen molar-refractivity contribution >= 4 is 11.0 Å². The van der Waals surface area contributed by atoms with Gasteiger partial charge in [0.2, 0.25) is 0 Å². The van der Waals surface area contributed by atoms with Crippen LogP contribution in [0.25, 0.3) is 11.0 Å². The van der Waals surface area contributed by atoms with Gasteiger partial charge >= 0.3 is 0 Å². The smallest absolute Gasteiger partial charge is 0.124 e. The zero-order valence-corrected chi connectivity index (χ0v) is 10.1. The van der Waals surface area contributed by atoms with Gasteiger partial charge in [0.05, 0.1) is 17.1 Å². The number of para-hydroxylation sites is 1. The maximum atomic E-state index is 6.12. The van der Waals surface area contributed by atoms with E-state index in [4.69, 9.17) is 5.73 Å². The molecule has 1 heterocycles. The summed E-state index contributed by atoms with van der Waals surface area (Å²) in [6, 6.07) is 6.15. The number of nitrogens with one attached hydrogen (secondary N) is 1. The standard InChI is InChI=1S/C13H19N3/c1-8(2)7-10(14)13-15-11-6-4-5-9(3)12(11)16-13/h4-6,8,10H,7,14H2,1-3H3,(H,15,16)/t10-/m0/s1. The quantitative estimate of drug-likeness (QED) is 0.830. The summed E-state index contributed by atoms with van der Waals surface area (Å²) in [6.07, 6.45) is 0.957. The van der Waals surface area contributed by atoms with Crippen molar-refractivity contribution in [2.24, 2.45) is 11.7 Å². The van der Waals surface area contributed by atoms with Gasteiger partial charge in [-0.3, -0.25) is 0 Å². The zero-order valence-electron chi connectivity index (χ0n) is 10.1. The first-order valence-corrected chi connectivity index (χ1v) is 5.78. The molecular weight excluding hydrogens is 198 g/mol. The number of fused-ring (bicyclic) bond motifs is 1. The number of rotatable bonds is 3. The first-order chi connectivity index (χ1) is 7.58. The first-order valence-electron chi connectivity index (χ1n) is 5.78. The van der Waals surface area contributed by atoms with E-state index in [2.05, 4.69) is 36.8 Å². The molecular formula is C13H19N3. The fourth-order valence-corrected chi connectivity index (χ4v) is 1.99. The van der Waals surface area contributed by atoms with Gasteiger partial charge in [0.1, 0.15) is 5.82 Å². The van der Waals surface area contributed by atoms with Crippen molar-refractivity contribution in [3.05, 3.63) is 29.6 Å². The van der Waals surface area contributed by atoms with Crippen molar-refractivity contribution in [3.63, 3.8) is 0 Å². The van der Waals surface area contributed by atoms with Crippen molar-refractivity contribution in [3.8, 4) is 0 Å². The second kappa shape index (κ2) is 4.26. The first kappa shape index (κ1) is 11.1. The molecule has 1 aromatic heterocycles. The highest BCUT2D eigenvalue weighted by Crippen LogP contribution is 2.21. The molecule has 1 atom stereocenters. The van der Waals surface area contributed by atoms with E-state index < -0.39 is 0 Å². The van der Waals surface area contributed by atoms with E-state index in [1.165, 1.54) is 5.56 Å². The van der Waals surface area contributed by atoms with Crippen LogP contribution in [-0.2, 0) is 0 Å². The fourth-order valence-electron chi connectivity index (χ4n) is 1.99. The van der Waals surface area contributed by atoms with Gasteiger partial charge < -0.3 is 10.7 Å². The fraction of sp³-hybridized carbons (Fsp3) is 0.462. The highest BCUT2D eigenvalue weighted by Gasteiger charge is 2.13. The van der Waals surface area contributed by atoms with Crippen LogP contribution >= 0.6 is 0 Å². The molecule has 0 amide bonds. The summed E-state index contributed by atoms with van der Waals surface area (Å²) in [7, 11) is 0. The lowest BCUT2D eigenvalue weighted by atomic mass is 10.0. The van der Waals surface area contributed by atoms with Crippen LogP contribution in [0.3, 0.4) is 0 Å². The summed E-state index contributed by atoms with van der Waals surface area (Å²) < 4.78 is 0. The molecule has 3 N–H and O–H groups in total. The molecule has 0 bridgehead atoms. The minimum Gasteiger partial charge on any atom is -0.341 e. The Balaban J connectivity index is 2.36. The maximum Gasteiger partial charge on any atom is 0.124 e. The molecule has 0 saturated carbocycles. The Morgan fingerprint density at radius 1 is 1.38 bits per heavy atom. The van der Waals surface area contributed by atoms with E-state index in [9.17, 15) is 0 Å². The Morgan fingerprint density at radius 2 is 2.12 bits per heavy atom. The number of imidazole rings is 1. The third-order valence-electron chi connectivity index (χ3n) is 2.81. The molecule has 0 aliphatic heterocycles. The Kier molecular flexibility index (Phi) is 2.97. The number of benzene rings is 1. The van der Waals surface area contributed by atoms with Gasteiger partial charge in [0, 0.05) is 0 Å². The highest BCUT2D eigenvalue weighted by atomic mass is 15.0. The lowest BCUT2D eigenvalue weighted by Gasteiger charge is -2.10. The SMILES string of the molecule is Cc1cccc2[nH]c([C@@H](N)CC(C)C)nc12. The molecule has 16 heavy (non-hydrogen) atoms. The van der Waals surface area contributed by atoms with Gasteiger partial charge in [0.15, 0.2) is 0 Å². The summed E-state index contributed by atoms with van der Waals surface area (Å²) in [5, 5.41) is 0. The third kappa shape index (κ3) is 2.09. The number of nitrogens with zero attached hydrogens (tertiary/aromatic N) is 1. The summed E-state index contributed by atoms with van der Waals surface area (Å²) in [5.41, 5.74) is 9.42. The Bertz CT molecular complexity index is 485. The minimum absolute atomic E-state index is 0.00630. The second-order valence-electron chi connectivity index (χ2n) is 4.83. The number of aryl methyl sites for hydroxylation is 1. The predicted molar refractivity (Wildman–Crippen MR) is 67.2 cm³/mol. The van der Waals surface area contributed by atoms with Gasteiger partial charge in [0.25, 0.3) is 0 Å². The molecule has 3 nitrogen and oxygen atoms in total. The molecule has 0 fully saturated rings. The number of nitrogens with two attached hydrogens (primary N) is 1. The summed E-state index contributed by atoms with van der Waals surface area (Å²) in [5.74, 6) is 1.49. The summed E-state index contributed by atoms with van der Waals surface area (Å²) in [4.78, 5) is 7.89. The van der Waals surface area contributed by atoms with Crippen LogP contribution in [0, 0.1) is 12.8 Å². The molecule has 2 aromatic rings. The molecule has 1 aromatic carbocycles. The van der Waals surface area contributed by atoms with Gasteiger partial charge in [-0.25, -0.2) is 4.98 Å². The zero-order chi connectivity index (χ0) is 11.7. The highest BCUT2D eigenvalue weighted by molar-refractivity contribution is 5.78. The number of hydrogen-bond donors (Lipinski definition) is 2. The van der Waals surface area contributed by atoms with Gasteiger partial charge in [-0.1, -0.05) is 26.0 Å². The number of hydrogen-bond acceptors (Lipinski definition) is 2. The van der Waals surface area contributed by atoms with Gasteiger partial charge in [-0.2, -0.15) is 0 Å². The lowest BCUT2D eigenvalue weighted by Crippen LogP contribution is -2.14. The molecule has 0 saturated heterocycles. The molecule has 0 aliphatic carbocycles. The van der Waals surface area contributed by atoms with E-state index in [1.807, 2.05) is 12.1 Å². The molecule has 0 spiro atoms. The molecule has 3 heteroatoms. The number of H-pyrrole nitrogens is 1. The maximum absolute atomic E-state index is 6.12. The van der Waals surface area contributed by atoms with Crippen LogP contribution in [0.15, 0.2) is 18.2 Å². The van der Waals surface area contributed by atoms with Crippen molar-refractivity contribution in [1.82, 2.24) is 9.97 Å². The van der Waals surface area contributed by atoms with E-state index in [0.29, 0.717) is 5.92 Å². The molecule has 0 aliphatic rings. The van der Waals surface area contributed by atoms with Crippen LogP contribution in [0.2, 0.25) is 0 Å². The monoisotopic (exact) mass is 217 g/mol. The van der Waals surface area contributed by atoms with E-state index in [0.717, 1.165) is 23.3 Å². The molecule has 0 unspecified atom stereocenters. The lowest BCUT2D eigenvalue weighted by molar-refractivity contribution is 0.496. The molecule has 86 valence electrons. The van der Waals surface area contributed by atoms with Gasteiger partial charge in [-0.05, 0) is 30.9 Å². The Labute approximate surface area is 96.1 Å². The largest absolute Gasteiger partial charge is 0.341 e. The Hall–Kier alpha value is -1.35. The van der Waals surface area contributed by atoms with Crippen molar-refractivity contribution in [2.45, 2.75) is 33.2 Å². The summed E-state index contributed by atoms with van der Waals surface area (Å²) in [6.45, 7) is 6.42. The topological polar surface area (TPSA) is 54.7 Å². The molecule has 2 rings (SSSR count). The van der Waals surface area contributed by atoms with Crippen LogP contribution in [0.5, 0.6) is 0 Å². The van der Waals surface area contributed by atoms with Crippen LogP contribution in [-0.4, -0.2) is 9.97 Å². The van der Waals surface area contributed by atoms with E-state index in [1.54, 1.807) is 0 Å². The number of aromatic nitrogens is 2. The average molecular weight is 217 g/mol. The van der Waals surface area contributed by atoms with Crippen molar-refractivity contribution in [1.29, 1.82) is 0 Å². The van der Waals surface area contributed by atoms with Gasteiger partial charge in [-0.15, -0.1) is 0 Å². The minimum atomic E-state index is 0.00630. The predicted octanol–water partition coefficient (Wildman–Crippen LogP) is 2.92. The summed E-state index contributed by atoms with van der Waals surface area (Å²) >= 11 is 0. The van der Waals surface area contributed by atoms with Crippen molar-refractivity contribution in [2.75, 3.05) is 0 Å². The average Bonchev–Trinajstić information content (AvgIpc) is 2.61. The van der Waals surface area contributed by atoms with Crippen molar-refractivity contribution < 1.29 is 0 Å². The van der Waals surface area contributed by atoms with E-state index >= 15 is 0 Å². The van der Waals surface area contributed by atoms with Crippen LogP contribution in [0.4, 0.5) is 0 Å². The van der Waals surface area contributed by atoms with Crippen LogP contribution < -0.4 is 5.73 Å².